The second kappa shape index (κ2) is 8.25. The quantitative estimate of drug-likeness (QED) is 0.599. The maximum absolute atomic E-state index is 14.7. The van der Waals surface area contributed by atoms with E-state index in [1.54, 1.807) is 24.3 Å². The van der Waals surface area contributed by atoms with E-state index in [4.69, 9.17) is 16.3 Å². The zero-order valence-corrected chi connectivity index (χ0v) is 16.5. The molecule has 2 aliphatic rings. The van der Waals surface area contributed by atoms with Gasteiger partial charge in [0.1, 0.15) is 11.4 Å². The fourth-order valence-electron chi connectivity index (χ4n) is 3.35. The van der Waals surface area contributed by atoms with Gasteiger partial charge in [0.05, 0.1) is 24.6 Å². The van der Waals surface area contributed by atoms with E-state index in [0.29, 0.717) is 42.6 Å². The number of hydrogen-bond acceptors (Lipinski definition) is 5. The molecule has 4 rings (SSSR count). The number of nitrogens with zero attached hydrogens (tertiary/aromatic N) is 2. The molecule has 2 aromatic rings. The van der Waals surface area contributed by atoms with Gasteiger partial charge in [0, 0.05) is 18.1 Å². The summed E-state index contributed by atoms with van der Waals surface area (Å²) < 4.78 is 19.9. The van der Waals surface area contributed by atoms with Gasteiger partial charge < -0.3 is 9.64 Å². The van der Waals surface area contributed by atoms with Crippen molar-refractivity contribution in [3.05, 3.63) is 64.4 Å². The molecule has 0 bridgehead atoms. The Labute approximate surface area is 176 Å². The van der Waals surface area contributed by atoms with Crippen molar-refractivity contribution in [2.75, 3.05) is 36.1 Å². The number of urea groups is 1. The SMILES string of the molecule is O=C1NC(=O)N(c2cccc(Cl)c2)C(=O)/C1=C/c1ccc(N2CCOCC2)c(F)c1. The molecular formula is C21H17ClFN3O4. The van der Waals surface area contributed by atoms with Crippen LogP contribution in [0.1, 0.15) is 5.56 Å². The number of benzene rings is 2. The van der Waals surface area contributed by atoms with Crippen LogP contribution in [0.4, 0.5) is 20.6 Å². The Morgan fingerprint density at radius 2 is 1.83 bits per heavy atom. The van der Waals surface area contributed by atoms with Crippen LogP contribution >= 0.6 is 11.6 Å². The zero-order valence-electron chi connectivity index (χ0n) is 15.7. The predicted molar refractivity (Wildman–Crippen MR) is 110 cm³/mol. The van der Waals surface area contributed by atoms with Gasteiger partial charge in [-0.05, 0) is 42.0 Å². The molecule has 4 amide bonds. The van der Waals surface area contributed by atoms with Crippen molar-refractivity contribution in [2.24, 2.45) is 0 Å². The number of ether oxygens (including phenoxy) is 1. The summed E-state index contributed by atoms with van der Waals surface area (Å²) in [5, 5.41) is 2.46. The van der Waals surface area contributed by atoms with E-state index in [0.717, 1.165) is 4.90 Å². The summed E-state index contributed by atoms with van der Waals surface area (Å²) in [7, 11) is 0. The number of nitrogens with one attached hydrogen (secondary N) is 1. The molecule has 2 heterocycles. The summed E-state index contributed by atoms with van der Waals surface area (Å²) in [4.78, 5) is 40.1. The summed E-state index contributed by atoms with van der Waals surface area (Å²) in [6, 6.07) is 9.71. The van der Waals surface area contributed by atoms with Gasteiger partial charge in [0.2, 0.25) is 0 Å². The molecule has 2 saturated heterocycles. The Bertz CT molecular complexity index is 1070. The lowest BCUT2D eigenvalue weighted by Gasteiger charge is -2.29. The van der Waals surface area contributed by atoms with Gasteiger partial charge in [-0.2, -0.15) is 0 Å². The molecule has 1 N–H and O–H groups in total. The fraction of sp³-hybridized carbons (Fsp3) is 0.190. The number of hydrogen-bond donors (Lipinski definition) is 1. The van der Waals surface area contributed by atoms with Crippen LogP contribution in [-0.2, 0) is 14.3 Å². The van der Waals surface area contributed by atoms with Crippen molar-refractivity contribution in [1.29, 1.82) is 0 Å². The molecule has 154 valence electrons. The minimum absolute atomic E-state index is 0.220. The van der Waals surface area contributed by atoms with E-state index in [1.807, 2.05) is 4.90 Å². The number of imide groups is 2. The smallest absolute Gasteiger partial charge is 0.335 e. The first-order chi connectivity index (χ1) is 14.4. The molecule has 0 radical (unpaired) electrons. The summed E-state index contributed by atoms with van der Waals surface area (Å²) in [5.74, 6) is -2.14. The highest BCUT2D eigenvalue weighted by Crippen LogP contribution is 2.26. The first-order valence-corrected chi connectivity index (χ1v) is 9.61. The van der Waals surface area contributed by atoms with E-state index >= 15 is 0 Å². The van der Waals surface area contributed by atoms with E-state index in [-0.39, 0.29) is 11.3 Å². The standard InChI is InChI=1S/C21H17ClFN3O4/c22-14-2-1-3-15(12-14)26-20(28)16(19(27)24-21(26)29)10-13-4-5-18(17(23)11-13)25-6-8-30-9-7-25/h1-5,10-12H,6-9H2,(H,24,27,29)/b16-10+. The van der Waals surface area contributed by atoms with Crippen LogP contribution in [0.5, 0.6) is 0 Å². The van der Waals surface area contributed by atoms with Crippen molar-refractivity contribution in [1.82, 2.24) is 5.32 Å². The molecule has 2 fully saturated rings. The molecule has 0 aromatic heterocycles. The number of amides is 4. The molecule has 9 heteroatoms. The second-order valence-corrected chi connectivity index (χ2v) is 7.18. The zero-order chi connectivity index (χ0) is 21.3. The Kier molecular flexibility index (Phi) is 5.52. The van der Waals surface area contributed by atoms with Crippen LogP contribution in [0.25, 0.3) is 6.08 Å². The summed E-state index contributed by atoms with van der Waals surface area (Å²) in [6.45, 7) is 2.20. The molecule has 0 atom stereocenters. The molecule has 2 aliphatic heterocycles. The summed E-state index contributed by atoms with van der Waals surface area (Å²) in [5.41, 5.74) is 0.685. The first-order valence-electron chi connectivity index (χ1n) is 9.23. The van der Waals surface area contributed by atoms with Crippen LogP contribution in [0, 0.1) is 5.82 Å². The van der Waals surface area contributed by atoms with E-state index in [1.165, 1.54) is 24.3 Å². The number of carbonyl (C=O) groups is 3. The number of carbonyl (C=O) groups excluding carboxylic acids is 3. The van der Waals surface area contributed by atoms with Crippen LogP contribution in [0.15, 0.2) is 48.0 Å². The maximum atomic E-state index is 14.7. The highest BCUT2D eigenvalue weighted by Gasteiger charge is 2.36. The molecule has 7 nitrogen and oxygen atoms in total. The number of halogens is 2. The van der Waals surface area contributed by atoms with Gasteiger partial charge in [-0.25, -0.2) is 14.1 Å². The number of morpholine rings is 1. The number of rotatable bonds is 3. The molecule has 0 spiro atoms. The Balaban J connectivity index is 1.65. The van der Waals surface area contributed by atoms with Crippen LogP contribution in [-0.4, -0.2) is 44.1 Å². The molecule has 0 unspecified atom stereocenters. The normalized spacial score (nSPS) is 18.7. The third kappa shape index (κ3) is 3.92. The molecule has 30 heavy (non-hydrogen) atoms. The van der Waals surface area contributed by atoms with Gasteiger partial charge >= 0.3 is 6.03 Å². The van der Waals surface area contributed by atoms with Gasteiger partial charge in [0.25, 0.3) is 11.8 Å². The van der Waals surface area contributed by atoms with E-state index in [2.05, 4.69) is 5.32 Å². The minimum Gasteiger partial charge on any atom is -0.378 e. The fourth-order valence-corrected chi connectivity index (χ4v) is 3.53. The minimum atomic E-state index is -0.877. The summed E-state index contributed by atoms with van der Waals surface area (Å²) in [6.07, 6.45) is 1.26. The van der Waals surface area contributed by atoms with Gasteiger partial charge in [-0.15, -0.1) is 0 Å². The van der Waals surface area contributed by atoms with Crippen molar-refractivity contribution < 1.29 is 23.5 Å². The van der Waals surface area contributed by atoms with Crippen molar-refractivity contribution in [3.63, 3.8) is 0 Å². The molecule has 0 saturated carbocycles. The third-order valence-electron chi connectivity index (χ3n) is 4.80. The molecular weight excluding hydrogens is 413 g/mol. The largest absolute Gasteiger partial charge is 0.378 e. The first kappa shape index (κ1) is 20.1. The van der Waals surface area contributed by atoms with Crippen LogP contribution in [0.3, 0.4) is 0 Å². The average molecular weight is 430 g/mol. The Morgan fingerprint density at radius 3 is 2.53 bits per heavy atom. The lowest BCUT2D eigenvalue weighted by atomic mass is 10.1. The number of anilines is 2. The van der Waals surface area contributed by atoms with Gasteiger partial charge in [-0.1, -0.05) is 23.7 Å². The summed E-state index contributed by atoms with van der Waals surface area (Å²) >= 11 is 5.95. The van der Waals surface area contributed by atoms with Crippen molar-refractivity contribution in [3.8, 4) is 0 Å². The lowest BCUT2D eigenvalue weighted by Crippen LogP contribution is -2.54. The van der Waals surface area contributed by atoms with Crippen LogP contribution in [0.2, 0.25) is 5.02 Å². The monoisotopic (exact) mass is 429 g/mol. The van der Waals surface area contributed by atoms with Crippen molar-refractivity contribution in [2.45, 2.75) is 0 Å². The highest BCUT2D eigenvalue weighted by atomic mass is 35.5. The predicted octanol–water partition coefficient (Wildman–Crippen LogP) is 2.98. The maximum Gasteiger partial charge on any atom is 0.335 e. The van der Waals surface area contributed by atoms with Crippen LogP contribution < -0.4 is 15.1 Å². The average Bonchev–Trinajstić information content (AvgIpc) is 2.72. The van der Waals surface area contributed by atoms with E-state index < -0.39 is 23.7 Å². The highest BCUT2D eigenvalue weighted by molar-refractivity contribution is 6.39. The van der Waals surface area contributed by atoms with Gasteiger partial charge in [0.15, 0.2) is 0 Å². The topological polar surface area (TPSA) is 79.0 Å². The number of barbiturate groups is 1. The van der Waals surface area contributed by atoms with Crippen molar-refractivity contribution >= 4 is 46.9 Å². The molecule has 0 aliphatic carbocycles. The van der Waals surface area contributed by atoms with E-state index in [9.17, 15) is 18.8 Å². The Morgan fingerprint density at radius 1 is 1.07 bits per heavy atom. The Hall–Kier alpha value is -3.23. The second-order valence-electron chi connectivity index (χ2n) is 6.75. The lowest BCUT2D eigenvalue weighted by molar-refractivity contribution is -0.122. The third-order valence-corrected chi connectivity index (χ3v) is 5.04. The van der Waals surface area contributed by atoms with Gasteiger partial charge in [-0.3, -0.25) is 14.9 Å². The molecule has 2 aromatic carbocycles.